The van der Waals surface area contributed by atoms with E-state index in [4.69, 9.17) is 18.0 Å². The number of carbonyl (C=O) groups is 1. The van der Waals surface area contributed by atoms with Crippen LogP contribution in [0.3, 0.4) is 0 Å². The molecule has 0 aliphatic heterocycles. The highest BCUT2D eigenvalue weighted by Crippen LogP contribution is 2.30. The summed E-state index contributed by atoms with van der Waals surface area (Å²) in [5.74, 6) is 1.41. The fourth-order valence-corrected chi connectivity index (χ4v) is 2.71. The van der Waals surface area contributed by atoms with Gasteiger partial charge in [0.25, 0.3) is 0 Å². The molecule has 0 heterocycles. The SMILES string of the molecule is CCC(C)(C(=O)NC1CCC(C)C(C)C1)C(N)=S. The first-order valence-corrected chi connectivity index (χ1v) is 7.33. The summed E-state index contributed by atoms with van der Waals surface area (Å²) in [6.07, 6.45) is 3.95. The average Bonchev–Trinajstić information content (AvgIpc) is 2.32. The molecule has 4 unspecified atom stereocenters. The van der Waals surface area contributed by atoms with E-state index >= 15 is 0 Å². The maximum absolute atomic E-state index is 12.3. The van der Waals surface area contributed by atoms with Gasteiger partial charge in [0.15, 0.2) is 0 Å². The average molecular weight is 270 g/mol. The van der Waals surface area contributed by atoms with Crippen LogP contribution < -0.4 is 11.1 Å². The number of hydrogen-bond donors (Lipinski definition) is 2. The molecule has 1 saturated carbocycles. The van der Waals surface area contributed by atoms with E-state index in [0.29, 0.717) is 17.3 Å². The number of amides is 1. The van der Waals surface area contributed by atoms with Gasteiger partial charge in [-0.3, -0.25) is 4.79 Å². The van der Waals surface area contributed by atoms with Gasteiger partial charge in [0.2, 0.25) is 5.91 Å². The number of carbonyl (C=O) groups excluding carboxylic acids is 1. The quantitative estimate of drug-likeness (QED) is 0.772. The van der Waals surface area contributed by atoms with E-state index in [1.807, 2.05) is 13.8 Å². The Bertz CT molecular complexity index is 332. The third-order valence-electron chi connectivity index (χ3n) is 4.69. The molecule has 0 aromatic rings. The number of nitrogens with two attached hydrogens (primary N) is 1. The lowest BCUT2D eigenvalue weighted by atomic mass is 9.78. The zero-order chi connectivity index (χ0) is 13.9. The second kappa shape index (κ2) is 6.00. The van der Waals surface area contributed by atoms with Crippen molar-refractivity contribution in [2.24, 2.45) is 23.0 Å². The third-order valence-corrected chi connectivity index (χ3v) is 5.14. The molecule has 1 aliphatic carbocycles. The van der Waals surface area contributed by atoms with Gasteiger partial charge in [-0.1, -0.05) is 33.0 Å². The van der Waals surface area contributed by atoms with Crippen LogP contribution in [0.2, 0.25) is 0 Å². The Morgan fingerprint density at radius 1 is 1.39 bits per heavy atom. The van der Waals surface area contributed by atoms with Crippen molar-refractivity contribution in [3.8, 4) is 0 Å². The van der Waals surface area contributed by atoms with Crippen LogP contribution in [0.4, 0.5) is 0 Å². The summed E-state index contributed by atoms with van der Waals surface area (Å²) in [5, 5.41) is 3.14. The van der Waals surface area contributed by atoms with E-state index in [1.165, 1.54) is 6.42 Å². The molecule has 3 N–H and O–H groups in total. The normalized spacial score (nSPS) is 31.4. The minimum atomic E-state index is -0.707. The summed E-state index contributed by atoms with van der Waals surface area (Å²) in [5.41, 5.74) is 5.00. The van der Waals surface area contributed by atoms with Gasteiger partial charge in [-0.15, -0.1) is 0 Å². The fourth-order valence-electron chi connectivity index (χ4n) is 2.47. The van der Waals surface area contributed by atoms with Crippen LogP contribution in [0.25, 0.3) is 0 Å². The summed E-state index contributed by atoms with van der Waals surface area (Å²) in [6, 6.07) is 0.281. The standard InChI is InChI=1S/C14H26N2OS/c1-5-14(4,12(15)18)13(17)16-11-7-6-9(2)10(3)8-11/h9-11H,5-8H2,1-4H3,(H2,15,18)(H,16,17). The summed E-state index contributed by atoms with van der Waals surface area (Å²) >= 11 is 5.03. The van der Waals surface area contributed by atoms with Gasteiger partial charge < -0.3 is 11.1 Å². The molecular weight excluding hydrogens is 244 g/mol. The van der Waals surface area contributed by atoms with Gasteiger partial charge in [-0.25, -0.2) is 0 Å². The van der Waals surface area contributed by atoms with Crippen LogP contribution in [0, 0.1) is 17.3 Å². The summed E-state index contributed by atoms with van der Waals surface area (Å²) in [6.45, 7) is 8.33. The van der Waals surface area contributed by atoms with Crippen molar-refractivity contribution in [1.82, 2.24) is 5.32 Å². The predicted molar refractivity (Wildman–Crippen MR) is 79.3 cm³/mol. The monoisotopic (exact) mass is 270 g/mol. The molecule has 0 saturated heterocycles. The Morgan fingerprint density at radius 2 is 2.00 bits per heavy atom. The van der Waals surface area contributed by atoms with Crippen LogP contribution in [0.1, 0.15) is 53.4 Å². The van der Waals surface area contributed by atoms with Gasteiger partial charge in [-0.05, 0) is 44.4 Å². The molecule has 1 aliphatic rings. The Balaban J connectivity index is 2.62. The molecule has 1 amide bonds. The van der Waals surface area contributed by atoms with Gasteiger partial charge in [-0.2, -0.15) is 0 Å². The highest BCUT2D eigenvalue weighted by Gasteiger charge is 2.36. The molecule has 104 valence electrons. The Hall–Kier alpha value is -0.640. The van der Waals surface area contributed by atoms with Crippen molar-refractivity contribution in [1.29, 1.82) is 0 Å². The van der Waals surface area contributed by atoms with Gasteiger partial charge in [0.1, 0.15) is 0 Å². The highest BCUT2D eigenvalue weighted by atomic mass is 32.1. The summed E-state index contributed by atoms with van der Waals surface area (Å²) < 4.78 is 0. The maximum atomic E-state index is 12.3. The van der Waals surface area contributed by atoms with E-state index in [2.05, 4.69) is 19.2 Å². The Morgan fingerprint density at radius 3 is 2.44 bits per heavy atom. The van der Waals surface area contributed by atoms with E-state index in [1.54, 1.807) is 0 Å². The number of hydrogen-bond acceptors (Lipinski definition) is 2. The van der Waals surface area contributed by atoms with Crippen molar-refractivity contribution >= 4 is 23.1 Å². The highest BCUT2D eigenvalue weighted by molar-refractivity contribution is 7.80. The lowest BCUT2D eigenvalue weighted by Crippen LogP contribution is -2.51. The van der Waals surface area contributed by atoms with Crippen LogP contribution in [-0.2, 0) is 4.79 Å². The van der Waals surface area contributed by atoms with Crippen molar-refractivity contribution < 1.29 is 4.79 Å². The zero-order valence-electron chi connectivity index (χ0n) is 12.0. The van der Waals surface area contributed by atoms with E-state index in [9.17, 15) is 4.79 Å². The molecule has 1 rings (SSSR count). The molecule has 3 nitrogen and oxygen atoms in total. The second-order valence-corrected chi connectivity index (χ2v) is 6.43. The molecule has 18 heavy (non-hydrogen) atoms. The van der Waals surface area contributed by atoms with Crippen LogP contribution in [0.5, 0.6) is 0 Å². The first kappa shape index (κ1) is 15.4. The van der Waals surface area contributed by atoms with Crippen LogP contribution in [-0.4, -0.2) is 16.9 Å². The predicted octanol–water partition coefficient (Wildman–Crippen LogP) is 2.63. The first-order valence-electron chi connectivity index (χ1n) is 6.92. The Kier molecular flexibility index (Phi) is 5.14. The van der Waals surface area contributed by atoms with Crippen LogP contribution in [0.15, 0.2) is 0 Å². The number of thiocarbonyl (C=S) groups is 1. The molecule has 0 aromatic carbocycles. The maximum Gasteiger partial charge on any atom is 0.232 e. The van der Waals surface area contributed by atoms with Crippen molar-refractivity contribution in [3.05, 3.63) is 0 Å². The van der Waals surface area contributed by atoms with E-state index < -0.39 is 5.41 Å². The van der Waals surface area contributed by atoms with Crippen molar-refractivity contribution in [3.63, 3.8) is 0 Å². The molecule has 4 atom stereocenters. The number of nitrogens with one attached hydrogen (secondary N) is 1. The number of rotatable bonds is 4. The van der Waals surface area contributed by atoms with E-state index in [0.717, 1.165) is 18.8 Å². The molecule has 4 heteroatoms. The molecule has 0 bridgehead atoms. The lowest BCUT2D eigenvalue weighted by molar-refractivity contribution is -0.128. The summed E-state index contributed by atoms with van der Waals surface area (Å²) in [7, 11) is 0. The minimum absolute atomic E-state index is 0.00995. The van der Waals surface area contributed by atoms with E-state index in [-0.39, 0.29) is 11.9 Å². The Labute approximate surface area is 116 Å². The van der Waals surface area contributed by atoms with Gasteiger partial charge in [0.05, 0.1) is 10.4 Å². The minimum Gasteiger partial charge on any atom is -0.392 e. The fraction of sp³-hybridized carbons (Fsp3) is 0.857. The van der Waals surface area contributed by atoms with Crippen LogP contribution >= 0.6 is 12.2 Å². The lowest BCUT2D eigenvalue weighted by Gasteiger charge is -2.35. The van der Waals surface area contributed by atoms with Gasteiger partial charge in [0, 0.05) is 6.04 Å². The molecular formula is C14H26N2OS. The molecule has 1 fully saturated rings. The molecule has 0 radical (unpaired) electrons. The van der Waals surface area contributed by atoms with Gasteiger partial charge >= 0.3 is 0 Å². The third kappa shape index (κ3) is 3.22. The smallest absolute Gasteiger partial charge is 0.232 e. The second-order valence-electron chi connectivity index (χ2n) is 5.99. The molecule has 0 aromatic heterocycles. The topological polar surface area (TPSA) is 55.1 Å². The summed E-state index contributed by atoms with van der Waals surface area (Å²) in [4.78, 5) is 12.6. The van der Waals surface area contributed by atoms with Crippen molar-refractivity contribution in [2.75, 3.05) is 0 Å². The zero-order valence-corrected chi connectivity index (χ0v) is 12.8. The molecule has 0 spiro atoms. The first-order chi connectivity index (χ1) is 8.31. The largest absolute Gasteiger partial charge is 0.392 e. The van der Waals surface area contributed by atoms with Crippen molar-refractivity contribution in [2.45, 2.75) is 59.4 Å².